The first-order valence-corrected chi connectivity index (χ1v) is 7.27. The van der Waals surface area contributed by atoms with E-state index in [-0.39, 0.29) is 6.61 Å². The zero-order chi connectivity index (χ0) is 12.5. The summed E-state index contributed by atoms with van der Waals surface area (Å²) in [4.78, 5) is 3.15. The number of aliphatic hydroxyl groups is 1. The van der Waals surface area contributed by atoms with Gasteiger partial charge in [-0.15, -0.1) is 21.5 Å². The summed E-state index contributed by atoms with van der Waals surface area (Å²) < 4.78 is 6.67. The van der Waals surface area contributed by atoms with Crippen molar-refractivity contribution in [2.75, 3.05) is 19.7 Å². The molecule has 0 amide bonds. The fraction of sp³-hybridized carbons (Fsp3) is 0.455. The molecule has 3 heterocycles. The van der Waals surface area contributed by atoms with Crippen LogP contribution < -0.4 is 0 Å². The highest BCUT2D eigenvalue weighted by Gasteiger charge is 2.27. The number of likely N-dealkylation sites (tertiary alicyclic amines) is 1. The van der Waals surface area contributed by atoms with Crippen LogP contribution in [0.3, 0.4) is 0 Å². The molecule has 1 saturated heterocycles. The number of halogens is 1. The van der Waals surface area contributed by atoms with Crippen molar-refractivity contribution in [1.82, 2.24) is 15.1 Å². The number of nitrogens with zero attached hydrogens (tertiary/aromatic N) is 3. The van der Waals surface area contributed by atoms with E-state index < -0.39 is 0 Å². The first-order chi connectivity index (χ1) is 8.74. The molecule has 3 rings (SSSR count). The standard InChI is InChI=1S/C11H12BrN3O2S/c12-9-2-1-8(18-9)11-14-13-10(17-11)5-15-3-7(4-15)6-16/h1-2,7,16H,3-6H2. The zero-order valence-corrected chi connectivity index (χ0v) is 11.9. The molecule has 96 valence electrons. The Bertz CT molecular complexity index is 536. The Morgan fingerprint density at radius 2 is 2.28 bits per heavy atom. The van der Waals surface area contributed by atoms with Crippen molar-refractivity contribution in [3.05, 3.63) is 21.8 Å². The minimum atomic E-state index is 0.259. The van der Waals surface area contributed by atoms with Crippen LogP contribution >= 0.6 is 27.3 Å². The lowest BCUT2D eigenvalue weighted by molar-refractivity contribution is 0.0417. The van der Waals surface area contributed by atoms with Gasteiger partial charge in [-0.3, -0.25) is 4.90 Å². The molecule has 0 aromatic carbocycles. The lowest BCUT2D eigenvalue weighted by atomic mass is 10.0. The molecule has 5 nitrogen and oxygen atoms in total. The van der Waals surface area contributed by atoms with Crippen molar-refractivity contribution in [2.24, 2.45) is 5.92 Å². The third-order valence-electron chi connectivity index (χ3n) is 2.90. The first-order valence-electron chi connectivity index (χ1n) is 5.66. The normalized spacial score (nSPS) is 17.0. The lowest BCUT2D eigenvalue weighted by Crippen LogP contribution is -2.47. The second-order valence-electron chi connectivity index (χ2n) is 4.35. The summed E-state index contributed by atoms with van der Waals surface area (Å²) in [5.74, 6) is 1.60. The van der Waals surface area contributed by atoms with Crippen LogP contribution in [0, 0.1) is 5.92 Å². The van der Waals surface area contributed by atoms with Gasteiger partial charge in [0.05, 0.1) is 15.2 Å². The zero-order valence-electron chi connectivity index (χ0n) is 9.54. The van der Waals surface area contributed by atoms with Crippen LogP contribution in [-0.4, -0.2) is 39.9 Å². The van der Waals surface area contributed by atoms with E-state index in [2.05, 4.69) is 31.0 Å². The molecule has 18 heavy (non-hydrogen) atoms. The van der Waals surface area contributed by atoms with Crippen molar-refractivity contribution >= 4 is 27.3 Å². The van der Waals surface area contributed by atoms with Gasteiger partial charge in [-0.05, 0) is 28.1 Å². The predicted octanol–water partition coefficient (Wildman–Crippen LogP) is 1.98. The molecule has 1 aliphatic rings. The Balaban J connectivity index is 1.64. The molecule has 0 atom stereocenters. The Labute approximate surface area is 117 Å². The quantitative estimate of drug-likeness (QED) is 0.929. The highest BCUT2D eigenvalue weighted by atomic mass is 79.9. The van der Waals surface area contributed by atoms with Gasteiger partial charge in [-0.1, -0.05) is 0 Å². The van der Waals surface area contributed by atoms with Gasteiger partial charge in [-0.2, -0.15) is 0 Å². The van der Waals surface area contributed by atoms with Crippen molar-refractivity contribution in [1.29, 1.82) is 0 Å². The molecule has 0 spiro atoms. The number of thiophene rings is 1. The van der Waals surface area contributed by atoms with Crippen LogP contribution in [0.2, 0.25) is 0 Å². The van der Waals surface area contributed by atoms with E-state index in [4.69, 9.17) is 9.52 Å². The summed E-state index contributed by atoms with van der Waals surface area (Å²) in [7, 11) is 0. The van der Waals surface area contributed by atoms with E-state index in [1.165, 1.54) is 0 Å². The number of aliphatic hydroxyl groups excluding tert-OH is 1. The van der Waals surface area contributed by atoms with E-state index in [1.807, 2.05) is 12.1 Å². The van der Waals surface area contributed by atoms with Crippen LogP contribution in [0.1, 0.15) is 5.89 Å². The van der Waals surface area contributed by atoms with E-state index in [0.717, 1.165) is 21.8 Å². The Morgan fingerprint density at radius 1 is 1.44 bits per heavy atom. The molecule has 0 bridgehead atoms. The summed E-state index contributed by atoms with van der Waals surface area (Å²) in [5, 5.41) is 17.0. The minimum Gasteiger partial charge on any atom is -0.419 e. The van der Waals surface area contributed by atoms with Gasteiger partial charge in [0.15, 0.2) is 0 Å². The van der Waals surface area contributed by atoms with E-state index in [1.54, 1.807) is 11.3 Å². The van der Waals surface area contributed by atoms with Crippen molar-refractivity contribution < 1.29 is 9.52 Å². The Kier molecular flexibility index (Phi) is 3.47. The Morgan fingerprint density at radius 3 is 2.94 bits per heavy atom. The molecule has 0 aliphatic carbocycles. The smallest absolute Gasteiger partial charge is 0.257 e. The maximum atomic E-state index is 8.94. The van der Waals surface area contributed by atoms with Gasteiger partial charge in [0.2, 0.25) is 5.89 Å². The average molecular weight is 330 g/mol. The third-order valence-corrected chi connectivity index (χ3v) is 4.51. The highest BCUT2D eigenvalue weighted by molar-refractivity contribution is 9.11. The third kappa shape index (κ3) is 2.49. The number of hydrogen-bond acceptors (Lipinski definition) is 6. The van der Waals surface area contributed by atoms with E-state index >= 15 is 0 Å². The first kappa shape index (κ1) is 12.3. The molecular formula is C11H12BrN3O2S. The SMILES string of the molecule is OCC1CN(Cc2nnc(-c3ccc(Br)s3)o2)C1. The molecule has 1 aliphatic heterocycles. The molecule has 2 aromatic rings. The van der Waals surface area contributed by atoms with Crippen LogP contribution in [0.15, 0.2) is 20.3 Å². The monoisotopic (exact) mass is 329 g/mol. The lowest BCUT2D eigenvalue weighted by Gasteiger charge is -2.37. The maximum Gasteiger partial charge on any atom is 0.257 e. The topological polar surface area (TPSA) is 62.4 Å². The fourth-order valence-corrected chi connectivity index (χ4v) is 3.27. The van der Waals surface area contributed by atoms with Crippen LogP contribution in [0.4, 0.5) is 0 Å². The molecule has 1 fully saturated rings. The predicted molar refractivity (Wildman–Crippen MR) is 71.2 cm³/mol. The van der Waals surface area contributed by atoms with Crippen LogP contribution in [0.25, 0.3) is 10.8 Å². The fourth-order valence-electron chi connectivity index (χ4n) is 1.96. The summed E-state index contributed by atoms with van der Waals surface area (Å²) in [6, 6.07) is 3.92. The van der Waals surface area contributed by atoms with Crippen molar-refractivity contribution in [2.45, 2.75) is 6.54 Å². The molecule has 0 radical (unpaired) electrons. The number of aromatic nitrogens is 2. The molecular weight excluding hydrogens is 318 g/mol. The second kappa shape index (κ2) is 5.08. The van der Waals surface area contributed by atoms with Gasteiger partial charge in [-0.25, -0.2) is 0 Å². The van der Waals surface area contributed by atoms with E-state index in [9.17, 15) is 0 Å². The van der Waals surface area contributed by atoms with Crippen molar-refractivity contribution in [3.63, 3.8) is 0 Å². The second-order valence-corrected chi connectivity index (χ2v) is 6.81. The average Bonchev–Trinajstić information content (AvgIpc) is 2.91. The van der Waals surface area contributed by atoms with Gasteiger partial charge in [0.1, 0.15) is 0 Å². The van der Waals surface area contributed by atoms with E-state index in [0.29, 0.717) is 24.2 Å². The molecule has 0 saturated carbocycles. The minimum absolute atomic E-state index is 0.259. The summed E-state index contributed by atoms with van der Waals surface area (Å²) in [6.45, 7) is 2.72. The molecule has 2 aromatic heterocycles. The summed E-state index contributed by atoms with van der Waals surface area (Å²) >= 11 is 4.98. The highest BCUT2D eigenvalue weighted by Crippen LogP contribution is 2.30. The molecule has 7 heteroatoms. The van der Waals surface area contributed by atoms with Gasteiger partial charge in [0, 0.05) is 25.6 Å². The Hall–Kier alpha value is -0.760. The van der Waals surface area contributed by atoms with Gasteiger partial charge in [0.25, 0.3) is 5.89 Å². The molecule has 0 unspecified atom stereocenters. The number of rotatable bonds is 4. The van der Waals surface area contributed by atoms with Gasteiger partial charge >= 0.3 is 0 Å². The molecule has 1 N–H and O–H groups in total. The largest absolute Gasteiger partial charge is 0.419 e. The summed E-state index contributed by atoms with van der Waals surface area (Å²) in [6.07, 6.45) is 0. The van der Waals surface area contributed by atoms with Crippen LogP contribution in [-0.2, 0) is 6.54 Å². The van der Waals surface area contributed by atoms with Gasteiger partial charge < -0.3 is 9.52 Å². The van der Waals surface area contributed by atoms with Crippen molar-refractivity contribution in [3.8, 4) is 10.8 Å². The van der Waals surface area contributed by atoms with Crippen LogP contribution in [0.5, 0.6) is 0 Å². The number of hydrogen-bond donors (Lipinski definition) is 1. The maximum absolute atomic E-state index is 8.94. The summed E-state index contributed by atoms with van der Waals surface area (Å²) in [5.41, 5.74) is 0.